The lowest BCUT2D eigenvalue weighted by Gasteiger charge is -2.22. The number of nitrogens with two attached hydrogens (primary N) is 1. The summed E-state index contributed by atoms with van der Waals surface area (Å²) in [6.45, 7) is 1.25. The normalized spacial score (nSPS) is 12.6. The second-order valence-electron chi connectivity index (χ2n) is 5.12. The fourth-order valence-electron chi connectivity index (χ4n) is 2.20. The van der Waals surface area contributed by atoms with Crippen molar-refractivity contribution in [2.75, 3.05) is 20.1 Å². The summed E-state index contributed by atoms with van der Waals surface area (Å²) in [7, 11) is 1.91. The van der Waals surface area contributed by atoms with Gasteiger partial charge in [0.25, 0.3) is 0 Å². The molecule has 2 rings (SSSR count). The van der Waals surface area contributed by atoms with Crippen molar-refractivity contribution in [2.24, 2.45) is 5.73 Å². The Labute approximate surface area is 123 Å². The van der Waals surface area contributed by atoms with Gasteiger partial charge < -0.3 is 10.6 Å². The van der Waals surface area contributed by atoms with Crippen LogP contribution in [0.5, 0.6) is 0 Å². The van der Waals surface area contributed by atoms with Gasteiger partial charge in [0.15, 0.2) is 11.6 Å². The number of nitrogens with zero attached hydrogens (tertiary/aromatic N) is 2. The van der Waals surface area contributed by atoms with Gasteiger partial charge in [-0.15, -0.1) is 0 Å². The first-order valence-corrected chi connectivity index (χ1v) is 6.85. The number of hydrogen-bond acceptors (Lipinski definition) is 3. The number of aromatic nitrogens is 1. The molecule has 0 aliphatic carbocycles. The molecular formula is C16H19F2N3. The van der Waals surface area contributed by atoms with Gasteiger partial charge in [-0.2, -0.15) is 0 Å². The van der Waals surface area contributed by atoms with Gasteiger partial charge in [0.1, 0.15) is 0 Å². The smallest absolute Gasteiger partial charge is 0.163 e. The molecule has 2 aromatic rings. The molecule has 0 amide bonds. The molecule has 21 heavy (non-hydrogen) atoms. The van der Waals surface area contributed by atoms with Gasteiger partial charge in [0.2, 0.25) is 0 Å². The number of likely N-dealkylation sites (N-methyl/N-ethyl adjacent to an activating group) is 1. The SMILES string of the molecule is CN(CCc1ccncc1)CC(N)c1cccc(F)c1F. The van der Waals surface area contributed by atoms with Gasteiger partial charge in [0, 0.05) is 37.1 Å². The lowest BCUT2D eigenvalue weighted by molar-refractivity contribution is 0.312. The van der Waals surface area contributed by atoms with E-state index in [0.29, 0.717) is 6.54 Å². The van der Waals surface area contributed by atoms with Crippen LogP contribution in [-0.4, -0.2) is 30.0 Å². The fourth-order valence-corrected chi connectivity index (χ4v) is 2.20. The van der Waals surface area contributed by atoms with E-state index >= 15 is 0 Å². The van der Waals surface area contributed by atoms with E-state index in [0.717, 1.165) is 19.0 Å². The van der Waals surface area contributed by atoms with Crippen molar-refractivity contribution in [3.05, 3.63) is 65.5 Å². The zero-order chi connectivity index (χ0) is 15.2. The van der Waals surface area contributed by atoms with Gasteiger partial charge in [-0.1, -0.05) is 12.1 Å². The van der Waals surface area contributed by atoms with Crippen molar-refractivity contribution in [2.45, 2.75) is 12.5 Å². The molecule has 0 saturated carbocycles. The average molecular weight is 291 g/mol. The van der Waals surface area contributed by atoms with E-state index in [9.17, 15) is 8.78 Å². The monoisotopic (exact) mass is 291 g/mol. The minimum Gasteiger partial charge on any atom is -0.323 e. The minimum atomic E-state index is -0.859. The summed E-state index contributed by atoms with van der Waals surface area (Å²) in [6.07, 6.45) is 4.36. The third-order valence-corrected chi connectivity index (χ3v) is 3.42. The van der Waals surface area contributed by atoms with Crippen LogP contribution in [0.4, 0.5) is 8.78 Å². The molecule has 2 N–H and O–H groups in total. The third-order valence-electron chi connectivity index (χ3n) is 3.42. The van der Waals surface area contributed by atoms with Crippen molar-refractivity contribution in [1.29, 1.82) is 0 Å². The molecule has 112 valence electrons. The highest BCUT2D eigenvalue weighted by Gasteiger charge is 2.16. The maximum atomic E-state index is 13.7. The predicted molar refractivity (Wildman–Crippen MR) is 78.7 cm³/mol. The minimum absolute atomic E-state index is 0.214. The first-order valence-electron chi connectivity index (χ1n) is 6.85. The Bertz CT molecular complexity index is 575. The van der Waals surface area contributed by atoms with Crippen LogP contribution in [-0.2, 0) is 6.42 Å². The zero-order valence-corrected chi connectivity index (χ0v) is 12.0. The van der Waals surface area contributed by atoms with Gasteiger partial charge in [-0.25, -0.2) is 8.78 Å². The lowest BCUT2D eigenvalue weighted by atomic mass is 10.1. The summed E-state index contributed by atoms with van der Waals surface area (Å²) in [5.74, 6) is -1.71. The van der Waals surface area contributed by atoms with E-state index < -0.39 is 17.7 Å². The molecule has 0 aliphatic heterocycles. The van der Waals surface area contributed by atoms with E-state index in [2.05, 4.69) is 4.98 Å². The molecule has 1 heterocycles. The number of halogens is 2. The second kappa shape index (κ2) is 7.24. The Morgan fingerprint density at radius 2 is 1.90 bits per heavy atom. The van der Waals surface area contributed by atoms with E-state index in [1.165, 1.54) is 17.7 Å². The van der Waals surface area contributed by atoms with Crippen LogP contribution in [0.2, 0.25) is 0 Å². The van der Waals surface area contributed by atoms with Gasteiger partial charge in [0.05, 0.1) is 0 Å². The van der Waals surface area contributed by atoms with Gasteiger partial charge in [-0.3, -0.25) is 4.98 Å². The quantitative estimate of drug-likeness (QED) is 0.889. The topological polar surface area (TPSA) is 42.2 Å². The summed E-state index contributed by atoms with van der Waals surface area (Å²) in [4.78, 5) is 5.98. The number of pyridine rings is 1. The Morgan fingerprint density at radius 3 is 2.62 bits per heavy atom. The summed E-state index contributed by atoms with van der Waals surface area (Å²) < 4.78 is 26.9. The van der Waals surface area contributed by atoms with Crippen LogP contribution in [0.3, 0.4) is 0 Å². The zero-order valence-electron chi connectivity index (χ0n) is 12.0. The van der Waals surface area contributed by atoms with Crippen LogP contribution >= 0.6 is 0 Å². The van der Waals surface area contributed by atoms with E-state index in [1.807, 2.05) is 24.1 Å². The Morgan fingerprint density at radius 1 is 1.19 bits per heavy atom. The number of hydrogen-bond donors (Lipinski definition) is 1. The lowest BCUT2D eigenvalue weighted by Crippen LogP contribution is -2.31. The summed E-state index contributed by atoms with van der Waals surface area (Å²) in [5.41, 5.74) is 7.37. The first kappa shape index (κ1) is 15.5. The Balaban J connectivity index is 1.90. The third kappa shape index (κ3) is 4.31. The van der Waals surface area contributed by atoms with Crippen LogP contribution in [0.1, 0.15) is 17.2 Å². The van der Waals surface area contributed by atoms with Crippen LogP contribution < -0.4 is 5.73 Å². The molecule has 0 aliphatic rings. The van der Waals surface area contributed by atoms with E-state index in [1.54, 1.807) is 12.4 Å². The average Bonchev–Trinajstić information content (AvgIpc) is 2.49. The van der Waals surface area contributed by atoms with Gasteiger partial charge >= 0.3 is 0 Å². The standard InChI is InChI=1S/C16H19F2N3/c1-21(10-7-12-5-8-20-9-6-12)11-15(19)13-3-2-4-14(17)16(13)18/h2-6,8-9,15H,7,10-11,19H2,1H3. The molecule has 1 unspecified atom stereocenters. The van der Waals surface area contributed by atoms with E-state index in [-0.39, 0.29) is 5.56 Å². The van der Waals surface area contributed by atoms with Crippen molar-refractivity contribution in [3.8, 4) is 0 Å². The molecule has 0 fully saturated rings. The molecule has 5 heteroatoms. The molecule has 0 saturated heterocycles. The van der Waals surface area contributed by atoms with Crippen LogP contribution in [0.15, 0.2) is 42.7 Å². The largest absolute Gasteiger partial charge is 0.323 e. The molecule has 1 aromatic heterocycles. The van der Waals surface area contributed by atoms with Crippen LogP contribution in [0, 0.1) is 11.6 Å². The highest BCUT2D eigenvalue weighted by atomic mass is 19.2. The maximum absolute atomic E-state index is 13.7. The highest BCUT2D eigenvalue weighted by Crippen LogP contribution is 2.18. The van der Waals surface area contributed by atoms with Crippen LogP contribution in [0.25, 0.3) is 0 Å². The molecule has 3 nitrogen and oxygen atoms in total. The van der Waals surface area contributed by atoms with E-state index in [4.69, 9.17) is 5.73 Å². The summed E-state index contributed by atoms with van der Waals surface area (Å²) in [6, 6.07) is 7.46. The van der Waals surface area contributed by atoms with Crippen molar-refractivity contribution in [1.82, 2.24) is 9.88 Å². The maximum Gasteiger partial charge on any atom is 0.163 e. The highest BCUT2D eigenvalue weighted by molar-refractivity contribution is 5.22. The Kier molecular flexibility index (Phi) is 5.36. The number of rotatable bonds is 6. The molecule has 1 aromatic carbocycles. The fraction of sp³-hybridized carbons (Fsp3) is 0.312. The van der Waals surface area contributed by atoms with Crippen molar-refractivity contribution in [3.63, 3.8) is 0 Å². The van der Waals surface area contributed by atoms with Crippen molar-refractivity contribution < 1.29 is 8.78 Å². The molecule has 1 atom stereocenters. The second-order valence-corrected chi connectivity index (χ2v) is 5.12. The number of benzene rings is 1. The molecular weight excluding hydrogens is 272 g/mol. The Hall–Kier alpha value is -1.85. The molecule has 0 bridgehead atoms. The molecule has 0 radical (unpaired) electrons. The summed E-state index contributed by atoms with van der Waals surface area (Å²) in [5, 5.41) is 0. The summed E-state index contributed by atoms with van der Waals surface area (Å²) >= 11 is 0. The first-order chi connectivity index (χ1) is 10.1. The van der Waals surface area contributed by atoms with Crippen molar-refractivity contribution >= 4 is 0 Å². The van der Waals surface area contributed by atoms with Gasteiger partial charge in [-0.05, 0) is 37.2 Å². The predicted octanol–water partition coefficient (Wildman–Crippen LogP) is 2.53. The molecule has 0 spiro atoms.